The molecule has 0 unspecified atom stereocenters. The second-order valence-electron chi connectivity index (χ2n) is 4.29. The summed E-state index contributed by atoms with van der Waals surface area (Å²) in [5, 5.41) is 19.4. The fourth-order valence-electron chi connectivity index (χ4n) is 1.60. The predicted molar refractivity (Wildman–Crippen MR) is 85.0 cm³/mol. The van der Waals surface area contributed by atoms with Crippen molar-refractivity contribution in [2.75, 3.05) is 32.0 Å². The Morgan fingerprint density at radius 2 is 1.86 bits per heavy atom. The molecule has 0 aliphatic rings. The lowest BCUT2D eigenvalue weighted by Crippen LogP contribution is -2.30. The number of carbonyl (C=O) groups excluding carboxylic acids is 1. The highest BCUT2D eigenvalue weighted by atomic mass is 35.5. The molecule has 0 fully saturated rings. The quantitative estimate of drug-likeness (QED) is 0.365. The van der Waals surface area contributed by atoms with E-state index >= 15 is 0 Å². The lowest BCUT2D eigenvalue weighted by atomic mass is 10.2. The van der Waals surface area contributed by atoms with Crippen molar-refractivity contribution >= 4 is 29.7 Å². The normalized spacial score (nSPS) is 9.57. The van der Waals surface area contributed by atoms with Crippen LogP contribution in [0.15, 0.2) is 24.3 Å². The average molecular weight is 317 g/mol. The van der Waals surface area contributed by atoms with Crippen molar-refractivity contribution in [1.29, 1.82) is 0 Å². The van der Waals surface area contributed by atoms with Gasteiger partial charge in [-0.3, -0.25) is 14.9 Å². The van der Waals surface area contributed by atoms with Crippen molar-refractivity contribution < 1.29 is 9.72 Å². The van der Waals surface area contributed by atoms with Gasteiger partial charge in [-0.15, -0.1) is 12.4 Å². The highest BCUT2D eigenvalue weighted by molar-refractivity contribution is 5.85. The molecule has 0 spiro atoms. The summed E-state index contributed by atoms with van der Waals surface area (Å²) in [6, 6.07) is 6.22. The SMILES string of the molecule is CNCCNC(=O)CCCNc1ccc([N+](=O)[O-])cc1.Cl. The van der Waals surface area contributed by atoms with Gasteiger partial charge in [0.05, 0.1) is 4.92 Å². The molecule has 0 atom stereocenters. The van der Waals surface area contributed by atoms with Gasteiger partial charge in [-0.05, 0) is 25.6 Å². The molecule has 1 aromatic rings. The van der Waals surface area contributed by atoms with E-state index in [0.29, 0.717) is 25.9 Å². The minimum absolute atomic E-state index is 0. The number of non-ortho nitro benzene ring substituents is 1. The van der Waals surface area contributed by atoms with Gasteiger partial charge in [0.2, 0.25) is 5.91 Å². The van der Waals surface area contributed by atoms with E-state index in [0.717, 1.165) is 12.2 Å². The van der Waals surface area contributed by atoms with E-state index in [1.54, 1.807) is 12.1 Å². The van der Waals surface area contributed by atoms with Gasteiger partial charge >= 0.3 is 0 Å². The molecule has 0 aliphatic heterocycles. The third kappa shape index (κ3) is 8.11. The number of carbonyl (C=O) groups is 1. The lowest BCUT2D eigenvalue weighted by Gasteiger charge is -2.07. The topological polar surface area (TPSA) is 96.3 Å². The van der Waals surface area contributed by atoms with Gasteiger partial charge in [0.25, 0.3) is 5.69 Å². The van der Waals surface area contributed by atoms with Crippen molar-refractivity contribution in [3.63, 3.8) is 0 Å². The van der Waals surface area contributed by atoms with Crippen LogP contribution in [0.2, 0.25) is 0 Å². The Labute approximate surface area is 130 Å². The summed E-state index contributed by atoms with van der Waals surface area (Å²) in [5.74, 6) is 0.0331. The van der Waals surface area contributed by atoms with Crippen molar-refractivity contribution in [2.45, 2.75) is 12.8 Å². The molecule has 0 aromatic heterocycles. The summed E-state index contributed by atoms with van der Waals surface area (Å²) in [6.45, 7) is 2.04. The van der Waals surface area contributed by atoms with Crippen LogP contribution in [-0.2, 0) is 4.79 Å². The third-order valence-corrected chi connectivity index (χ3v) is 2.69. The number of hydrogen-bond donors (Lipinski definition) is 3. The molecule has 118 valence electrons. The molecule has 1 rings (SSSR count). The van der Waals surface area contributed by atoms with Crippen molar-refractivity contribution in [3.05, 3.63) is 34.4 Å². The molecular weight excluding hydrogens is 296 g/mol. The van der Waals surface area contributed by atoms with Crippen LogP contribution >= 0.6 is 12.4 Å². The molecule has 8 heteroatoms. The minimum Gasteiger partial charge on any atom is -0.385 e. The monoisotopic (exact) mass is 316 g/mol. The number of rotatable bonds is 9. The van der Waals surface area contributed by atoms with Crippen LogP contribution in [0.5, 0.6) is 0 Å². The first-order valence-electron chi connectivity index (χ1n) is 6.53. The largest absolute Gasteiger partial charge is 0.385 e. The number of nitro groups is 1. The van der Waals surface area contributed by atoms with Crippen molar-refractivity contribution in [3.8, 4) is 0 Å². The number of amides is 1. The zero-order valence-electron chi connectivity index (χ0n) is 11.9. The molecule has 0 saturated heterocycles. The molecule has 0 bridgehead atoms. The molecule has 3 N–H and O–H groups in total. The maximum atomic E-state index is 11.4. The van der Waals surface area contributed by atoms with Gasteiger partial charge in [-0.1, -0.05) is 0 Å². The highest BCUT2D eigenvalue weighted by Gasteiger charge is 2.04. The second-order valence-corrected chi connectivity index (χ2v) is 4.29. The molecule has 0 saturated carbocycles. The maximum Gasteiger partial charge on any atom is 0.269 e. The molecular formula is C13H21ClN4O3. The van der Waals surface area contributed by atoms with Crippen LogP contribution in [0.25, 0.3) is 0 Å². The van der Waals surface area contributed by atoms with Crippen LogP contribution in [0.3, 0.4) is 0 Å². The van der Waals surface area contributed by atoms with Gasteiger partial charge < -0.3 is 16.0 Å². The maximum absolute atomic E-state index is 11.4. The van der Waals surface area contributed by atoms with E-state index in [2.05, 4.69) is 16.0 Å². The van der Waals surface area contributed by atoms with Crippen LogP contribution in [0, 0.1) is 10.1 Å². The summed E-state index contributed by atoms with van der Waals surface area (Å²) in [6.07, 6.45) is 1.17. The van der Waals surface area contributed by atoms with E-state index in [4.69, 9.17) is 0 Å². The van der Waals surface area contributed by atoms with E-state index in [-0.39, 0.29) is 24.0 Å². The van der Waals surface area contributed by atoms with Gasteiger partial charge in [0.1, 0.15) is 0 Å². The van der Waals surface area contributed by atoms with Crippen LogP contribution in [0.4, 0.5) is 11.4 Å². The van der Waals surface area contributed by atoms with Gasteiger partial charge in [0.15, 0.2) is 0 Å². The summed E-state index contributed by atoms with van der Waals surface area (Å²) >= 11 is 0. The first-order chi connectivity index (χ1) is 9.63. The summed E-state index contributed by atoms with van der Waals surface area (Å²) in [7, 11) is 1.83. The predicted octanol–water partition coefficient (Wildman–Crippen LogP) is 1.54. The Morgan fingerprint density at radius 1 is 1.19 bits per heavy atom. The van der Waals surface area contributed by atoms with Crippen LogP contribution < -0.4 is 16.0 Å². The Bertz CT molecular complexity index is 440. The average Bonchev–Trinajstić information content (AvgIpc) is 2.44. The number of likely N-dealkylation sites (N-methyl/N-ethyl adjacent to an activating group) is 1. The summed E-state index contributed by atoms with van der Waals surface area (Å²) in [5.41, 5.74) is 0.880. The Hall–Kier alpha value is -1.86. The van der Waals surface area contributed by atoms with E-state index in [9.17, 15) is 14.9 Å². The van der Waals surface area contributed by atoms with Gasteiger partial charge in [0, 0.05) is 43.9 Å². The number of halogens is 1. The molecule has 1 aromatic carbocycles. The lowest BCUT2D eigenvalue weighted by molar-refractivity contribution is -0.384. The van der Waals surface area contributed by atoms with Crippen LogP contribution in [0.1, 0.15) is 12.8 Å². The smallest absolute Gasteiger partial charge is 0.269 e. The second kappa shape index (κ2) is 10.9. The molecule has 7 nitrogen and oxygen atoms in total. The zero-order valence-corrected chi connectivity index (χ0v) is 12.7. The molecule has 0 radical (unpaired) electrons. The fourth-order valence-corrected chi connectivity index (χ4v) is 1.60. The van der Waals surface area contributed by atoms with E-state index in [1.807, 2.05) is 7.05 Å². The Morgan fingerprint density at radius 3 is 2.43 bits per heavy atom. The van der Waals surface area contributed by atoms with Gasteiger partial charge in [-0.25, -0.2) is 0 Å². The first-order valence-corrected chi connectivity index (χ1v) is 6.53. The number of nitro benzene ring substituents is 1. The summed E-state index contributed by atoms with van der Waals surface area (Å²) in [4.78, 5) is 21.5. The number of benzene rings is 1. The zero-order chi connectivity index (χ0) is 14.8. The molecule has 0 aliphatic carbocycles. The van der Waals surface area contributed by atoms with Gasteiger partial charge in [-0.2, -0.15) is 0 Å². The Balaban J connectivity index is 0.00000400. The first kappa shape index (κ1) is 19.1. The van der Waals surface area contributed by atoms with E-state index in [1.165, 1.54) is 12.1 Å². The fraction of sp³-hybridized carbons (Fsp3) is 0.462. The molecule has 21 heavy (non-hydrogen) atoms. The Kier molecular flexibility index (Phi) is 9.91. The number of anilines is 1. The highest BCUT2D eigenvalue weighted by Crippen LogP contribution is 2.15. The van der Waals surface area contributed by atoms with Crippen LogP contribution in [-0.4, -0.2) is 37.5 Å². The summed E-state index contributed by atoms with van der Waals surface area (Å²) < 4.78 is 0. The molecule has 0 heterocycles. The standard InChI is InChI=1S/C13H20N4O3.ClH/c1-14-9-10-16-13(18)3-2-8-15-11-4-6-12(7-5-11)17(19)20;/h4-7,14-15H,2-3,8-10H2,1H3,(H,16,18);1H. The van der Waals surface area contributed by atoms with Crippen molar-refractivity contribution in [1.82, 2.24) is 10.6 Å². The number of hydrogen-bond acceptors (Lipinski definition) is 5. The third-order valence-electron chi connectivity index (χ3n) is 2.69. The number of nitrogens with one attached hydrogen (secondary N) is 3. The minimum atomic E-state index is -0.431. The number of nitrogens with zero attached hydrogens (tertiary/aromatic N) is 1. The van der Waals surface area contributed by atoms with Crippen molar-refractivity contribution in [2.24, 2.45) is 0 Å². The van der Waals surface area contributed by atoms with E-state index < -0.39 is 4.92 Å². The molecule has 1 amide bonds.